The zero-order valence-electron chi connectivity index (χ0n) is 16.7. The Hall–Kier alpha value is -3.34. The van der Waals surface area contributed by atoms with Gasteiger partial charge in [0.15, 0.2) is 22.1 Å². The number of nitrogens with zero attached hydrogens (tertiary/aromatic N) is 5. The summed E-state index contributed by atoms with van der Waals surface area (Å²) >= 11 is 1.41. The molecule has 2 aromatic heterocycles. The molecule has 3 heterocycles. The van der Waals surface area contributed by atoms with Crippen LogP contribution in [0.1, 0.15) is 13.3 Å². The molecule has 0 bridgehead atoms. The summed E-state index contributed by atoms with van der Waals surface area (Å²) in [7, 11) is 3.22. The van der Waals surface area contributed by atoms with Crippen LogP contribution in [0.15, 0.2) is 39.7 Å². The molecular formula is C19H21N7O3S. The molecule has 11 heteroatoms. The second kappa shape index (κ2) is 8.19. The summed E-state index contributed by atoms with van der Waals surface area (Å²) in [6, 6.07) is 5.55. The highest BCUT2D eigenvalue weighted by atomic mass is 32.2. The summed E-state index contributed by atoms with van der Waals surface area (Å²) in [5.74, 6) is 1.31. The first-order chi connectivity index (χ1) is 14.5. The van der Waals surface area contributed by atoms with Crippen molar-refractivity contribution in [2.24, 2.45) is 11.0 Å². The number of ether oxygens (including phenoxy) is 2. The van der Waals surface area contributed by atoms with E-state index in [2.05, 4.69) is 25.5 Å². The van der Waals surface area contributed by atoms with Gasteiger partial charge in [-0.15, -0.1) is 0 Å². The van der Waals surface area contributed by atoms with Crippen molar-refractivity contribution in [3.05, 3.63) is 24.5 Å². The van der Waals surface area contributed by atoms with Gasteiger partial charge in [-0.1, -0.05) is 0 Å². The van der Waals surface area contributed by atoms with Gasteiger partial charge in [0.2, 0.25) is 5.91 Å². The molecule has 3 aromatic rings. The normalized spacial score (nSPS) is 15.9. The molecule has 10 nitrogen and oxygen atoms in total. The van der Waals surface area contributed by atoms with Crippen LogP contribution < -0.4 is 20.6 Å². The fraction of sp³-hybridized carbons (Fsp3) is 0.316. The molecule has 30 heavy (non-hydrogen) atoms. The zero-order chi connectivity index (χ0) is 21.3. The number of hydrogen-bond donors (Lipinski definition) is 2. The van der Waals surface area contributed by atoms with Crippen molar-refractivity contribution in [3.8, 4) is 11.5 Å². The minimum atomic E-state index is -0.286. The standard InChI is InChI=1S/C19H21N7O3S/c1-10-12(18(27)25-24-10)6-7-26-17-15(16(20)21-9-22-17)23-19(26)30-14-8-11(28-2)4-5-13(14)29-3/h4-5,8-9,12H,6-7H2,1-3H3,(H,25,27)(H2,20,21,22). The number of aromatic nitrogens is 4. The number of methoxy groups -OCH3 is 2. The Labute approximate surface area is 176 Å². The summed E-state index contributed by atoms with van der Waals surface area (Å²) in [4.78, 5) is 26.0. The van der Waals surface area contributed by atoms with Gasteiger partial charge >= 0.3 is 0 Å². The number of amides is 1. The SMILES string of the molecule is COc1ccc(OC)c(Sc2nc3c(N)ncnc3n2CCC2C(=O)NN=C2C)c1. The number of nitrogen functional groups attached to an aromatic ring is 1. The molecule has 1 unspecified atom stereocenters. The van der Waals surface area contributed by atoms with Gasteiger partial charge in [0.05, 0.1) is 25.0 Å². The number of anilines is 1. The van der Waals surface area contributed by atoms with E-state index in [9.17, 15) is 4.79 Å². The molecule has 0 radical (unpaired) electrons. The second-order valence-electron chi connectivity index (χ2n) is 6.67. The lowest BCUT2D eigenvalue weighted by atomic mass is 10.0. The van der Waals surface area contributed by atoms with Gasteiger partial charge < -0.3 is 19.8 Å². The molecule has 3 N–H and O–H groups in total. The van der Waals surface area contributed by atoms with E-state index in [1.807, 2.05) is 29.7 Å². The van der Waals surface area contributed by atoms with Gasteiger partial charge in [0, 0.05) is 12.3 Å². The lowest BCUT2D eigenvalue weighted by Gasteiger charge is -2.13. The third kappa shape index (κ3) is 3.63. The molecule has 0 saturated heterocycles. The predicted molar refractivity (Wildman–Crippen MR) is 113 cm³/mol. The number of benzene rings is 1. The van der Waals surface area contributed by atoms with Gasteiger partial charge in [0.1, 0.15) is 17.8 Å². The average molecular weight is 427 g/mol. The number of imidazole rings is 1. The Bertz CT molecular complexity index is 1140. The monoisotopic (exact) mass is 427 g/mol. The summed E-state index contributed by atoms with van der Waals surface area (Å²) in [5, 5.41) is 4.68. The van der Waals surface area contributed by atoms with E-state index < -0.39 is 0 Å². The Morgan fingerprint density at radius 1 is 1.27 bits per heavy atom. The predicted octanol–water partition coefficient (Wildman–Crippen LogP) is 2.09. The van der Waals surface area contributed by atoms with E-state index in [1.54, 1.807) is 14.2 Å². The largest absolute Gasteiger partial charge is 0.497 e. The molecule has 1 aliphatic rings. The third-order valence-electron chi connectivity index (χ3n) is 4.90. The number of hydrogen-bond acceptors (Lipinski definition) is 9. The highest BCUT2D eigenvalue weighted by molar-refractivity contribution is 7.99. The molecule has 4 rings (SSSR count). The topological polar surface area (TPSA) is 130 Å². The van der Waals surface area contributed by atoms with Crippen LogP contribution >= 0.6 is 11.8 Å². The fourth-order valence-corrected chi connectivity index (χ4v) is 4.31. The van der Waals surface area contributed by atoms with Gasteiger partial charge in [0.25, 0.3) is 0 Å². The van der Waals surface area contributed by atoms with Gasteiger partial charge in [-0.3, -0.25) is 4.79 Å². The fourth-order valence-electron chi connectivity index (χ4n) is 3.26. The molecule has 1 atom stereocenters. The maximum atomic E-state index is 12.1. The number of rotatable bonds is 7. The van der Waals surface area contributed by atoms with Crippen LogP contribution in [0.4, 0.5) is 5.82 Å². The average Bonchev–Trinajstić information content (AvgIpc) is 3.26. The molecule has 0 aliphatic carbocycles. The number of nitrogens with one attached hydrogen (secondary N) is 1. The number of hydrazone groups is 1. The van der Waals surface area contributed by atoms with Gasteiger partial charge in [-0.2, -0.15) is 5.10 Å². The Kier molecular flexibility index (Phi) is 5.44. The van der Waals surface area contributed by atoms with Gasteiger partial charge in [-0.05, 0) is 43.3 Å². The minimum Gasteiger partial charge on any atom is -0.497 e. The molecule has 0 spiro atoms. The van der Waals surface area contributed by atoms with Crippen molar-refractivity contribution in [1.29, 1.82) is 0 Å². The Morgan fingerprint density at radius 3 is 2.80 bits per heavy atom. The molecule has 0 fully saturated rings. The van der Waals surface area contributed by atoms with Crippen LogP contribution in [0.2, 0.25) is 0 Å². The van der Waals surface area contributed by atoms with Gasteiger partial charge in [-0.25, -0.2) is 20.4 Å². The lowest BCUT2D eigenvalue weighted by Crippen LogP contribution is -2.23. The van der Waals surface area contributed by atoms with Crippen LogP contribution in [-0.4, -0.2) is 45.4 Å². The highest BCUT2D eigenvalue weighted by Gasteiger charge is 2.27. The molecule has 1 aliphatic heterocycles. The van der Waals surface area contributed by atoms with Crippen LogP contribution in [0, 0.1) is 5.92 Å². The first-order valence-corrected chi connectivity index (χ1v) is 10.0. The molecule has 1 amide bonds. The third-order valence-corrected chi connectivity index (χ3v) is 5.94. The highest BCUT2D eigenvalue weighted by Crippen LogP contribution is 2.38. The van der Waals surface area contributed by atoms with Crippen molar-refractivity contribution in [2.75, 3.05) is 20.0 Å². The molecular weight excluding hydrogens is 406 g/mol. The van der Waals surface area contributed by atoms with Crippen LogP contribution in [0.5, 0.6) is 11.5 Å². The van der Waals surface area contributed by atoms with Crippen molar-refractivity contribution in [2.45, 2.75) is 29.9 Å². The molecule has 0 saturated carbocycles. The second-order valence-corrected chi connectivity index (χ2v) is 7.68. The van der Waals surface area contributed by atoms with Crippen molar-refractivity contribution >= 4 is 40.4 Å². The number of carbonyl (C=O) groups is 1. The lowest BCUT2D eigenvalue weighted by molar-refractivity contribution is -0.122. The smallest absolute Gasteiger partial charge is 0.248 e. The van der Waals surface area contributed by atoms with E-state index in [4.69, 9.17) is 15.2 Å². The van der Waals surface area contributed by atoms with Crippen molar-refractivity contribution in [3.63, 3.8) is 0 Å². The summed E-state index contributed by atoms with van der Waals surface area (Å²) in [5.41, 5.74) is 10.4. The number of nitrogens with two attached hydrogens (primary N) is 1. The molecule has 156 valence electrons. The number of aryl methyl sites for hydroxylation is 1. The van der Waals surface area contributed by atoms with Crippen LogP contribution in [-0.2, 0) is 11.3 Å². The minimum absolute atomic E-state index is 0.102. The van der Waals surface area contributed by atoms with Crippen LogP contribution in [0.3, 0.4) is 0 Å². The number of fused-ring (bicyclic) bond motifs is 1. The number of carbonyl (C=O) groups excluding carboxylic acids is 1. The van der Waals surface area contributed by atoms with E-state index in [0.717, 1.165) is 10.6 Å². The quantitative estimate of drug-likeness (QED) is 0.586. The van der Waals surface area contributed by atoms with E-state index in [0.29, 0.717) is 46.6 Å². The summed E-state index contributed by atoms with van der Waals surface area (Å²) in [6.07, 6.45) is 1.96. The molecule has 1 aromatic carbocycles. The first-order valence-electron chi connectivity index (χ1n) is 9.22. The Balaban J connectivity index is 1.72. The summed E-state index contributed by atoms with van der Waals surface area (Å²) in [6.45, 7) is 2.35. The van der Waals surface area contributed by atoms with E-state index >= 15 is 0 Å². The van der Waals surface area contributed by atoms with E-state index in [1.165, 1.54) is 18.1 Å². The maximum Gasteiger partial charge on any atom is 0.248 e. The van der Waals surface area contributed by atoms with Crippen molar-refractivity contribution < 1.29 is 14.3 Å². The maximum absolute atomic E-state index is 12.1. The van der Waals surface area contributed by atoms with Crippen LogP contribution in [0.25, 0.3) is 11.2 Å². The Morgan fingerprint density at radius 2 is 2.10 bits per heavy atom. The zero-order valence-corrected chi connectivity index (χ0v) is 17.6. The first kappa shape index (κ1) is 20.0. The summed E-state index contributed by atoms with van der Waals surface area (Å²) < 4.78 is 12.8. The van der Waals surface area contributed by atoms with E-state index in [-0.39, 0.29) is 11.8 Å². The van der Waals surface area contributed by atoms with Crippen molar-refractivity contribution in [1.82, 2.24) is 24.9 Å².